The zero-order chi connectivity index (χ0) is 15.5. The van der Waals surface area contributed by atoms with Gasteiger partial charge >= 0.3 is 0 Å². The first-order chi connectivity index (χ1) is 10.7. The molecule has 3 heterocycles. The molecule has 1 aliphatic rings. The van der Waals surface area contributed by atoms with E-state index in [-0.39, 0.29) is 12.0 Å². The molecule has 7 nitrogen and oxygen atoms in total. The van der Waals surface area contributed by atoms with E-state index in [0.717, 1.165) is 12.2 Å². The molecule has 0 bridgehead atoms. The first kappa shape index (κ1) is 14.6. The number of morpholine rings is 1. The van der Waals surface area contributed by atoms with E-state index < -0.39 is 0 Å². The van der Waals surface area contributed by atoms with E-state index in [9.17, 15) is 4.79 Å². The van der Waals surface area contributed by atoms with Gasteiger partial charge in [0, 0.05) is 31.2 Å². The van der Waals surface area contributed by atoms with E-state index in [4.69, 9.17) is 4.74 Å². The van der Waals surface area contributed by atoms with Crippen LogP contribution in [0.25, 0.3) is 0 Å². The van der Waals surface area contributed by atoms with Crippen LogP contribution in [0.1, 0.15) is 34.9 Å². The largest absolute Gasteiger partial charge is 0.367 e. The maximum absolute atomic E-state index is 12.5. The molecular formula is C15H19N5O2. The van der Waals surface area contributed by atoms with Crippen molar-refractivity contribution in [1.29, 1.82) is 0 Å². The van der Waals surface area contributed by atoms with Crippen LogP contribution in [-0.2, 0) is 11.3 Å². The van der Waals surface area contributed by atoms with Crippen LogP contribution in [0.4, 0.5) is 0 Å². The fourth-order valence-corrected chi connectivity index (χ4v) is 2.44. The van der Waals surface area contributed by atoms with Gasteiger partial charge in [0.15, 0.2) is 5.82 Å². The van der Waals surface area contributed by atoms with Crippen LogP contribution in [0.3, 0.4) is 0 Å². The highest BCUT2D eigenvalue weighted by Gasteiger charge is 2.28. The minimum atomic E-state index is -0.279. The summed E-state index contributed by atoms with van der Waals surface area (Å²) >= 11 is 0. The van der Waals surface area contributed by atoms with Gasteiger partial charge in [-0.25, -0.2) is 9.97 Å². The number of carbonyl (C=O) groups is 1. The number of rotatable bonds is 3. The summed E-state index contributed by atoms with van der Waals surface area (Å²) in [5, 5.41) is 4.15. The van der Waals surface area contributed by atoms with Crippen molar-refractivity contribution >= 4 is 5.91 Å². The molecule has 0 N–H and O–H groups in total. The van der Waals surface area contributed by atoms with Crippen LogP contribution in [0.5, 0.6) is 0 Å². The predicted molar refractivity (Wildman–Crippen MR) is 79.3 cm³/mol. The van der Waals surface area contributed by atoms with Gasteiger partial charge in [-0.2, -0.15) is 5.10 Å². The Morgan fingerprint density at radius 2 is 2.36 bits per heavy atom. The lowest BCUT2D eigenvalue weighted by atomic mass is 10.2. The molecule has 0 radical (unpaired) electrons. The van der Waals surface area contributed by atoms with E-state index in [1.807, 2.05) is 19.9 Å². The second-order valence-electron chi connectivity index (χ2n) is 5.25. The minimum Gasteiger partial charge on any atom is -0.367 e. The van der Waals surface area contributed by atoms with E-state index in [2.05, 4.69) is 15.1 Å². The Kier molecular flexibility index (Phi) is 4.15. The molecule has 116 valence electrons. The third kappa shape index (κ3) is 2.99. The Labute approximate surface area is 128 Å². The summed E-state index contributed by atoms with van der Waals surface area (Å²) in [6.45, 7) is 6.15. The van der Waals surface area contributed by atoms with Crippen LogP contribution in [-0.4, -0.2) is 50.3 Å². The van der Waals surface area contributed by atoms with Gasteiger partial charge in [-0.05, 0) is 19.9 Å². The number of aromatic nitrogens is 4. The van der Waals surface area contributed by atoms with Crippen molar-refractivity contribution in [3.8, 4) is 0 Å². The fourth-order valence-electron chi connectivity index (χ4n) is 2.44. The van der Waals surface area contributed by atoms with Crippen molar-refractivity contribution < 1.29 is 9.53 Å². The van der Waals surface area contributed by atoms with E-state index in [1.165, 1.54) is 0 Å². The van der Waals surface area contributed by atoms with Crippen molar-refractivity contribution in [3.63, 3.8) is 0 Å². The zero-order valence-electron chi connectivity index (χ0n) is 12.8. The Bertz CT molecular complexity index is 669. The number of amides is 1. The van der Waals surface area contributed by atoms with Gasteiger partial charge in [0.2, 0.25) is 0 Å². The first-order valence-corrected chi connectivity index (χ1v) is 7.40. The number of aryl methyl sites for hydroxylation is 2. The van der Waals surface area contributed by atoms with Crippen LogP contribution >= 0.6 is 0 Å². The highest BCUT2D eigenvalue weighted by atomic mass is 16.5. The van der Waals surface area contributed by atoms with Gasteiger partial charge in [-0.3, -0.25) is 9.48 Å². The van der Waals surface area contributed by atoms with Crippen molar-refractivity contribution in [3.05, 3.63) is 41.7 Å². The Balaban J connectivity index is 1.73. The molecular weight excluding hydrogens is 282 g/mol. The maximum atomic E-state index is 12.5. The van der Waals surface area contributed by atoms with Gasteiger partial charge in [0.25, 0.3) is 5.91 Å². The number of carbonyl (C=O) groups excluding carboxylic acids is 1. The van der Waals surface area contributed by atoms with Crippen LogP contribution < -0.4 is 0 Å². The molecule has 7 heteroatoms. The molecule has 1 aliphatic heterocycles. The molecule has 2 aromatic rings. The van der Waals surface area contributed by atoms with E-state index in [0.29, 0.717) is 31.1 Å². The van der Waals surface area contributed by atoms with Crippen molar-refractivity contribution in [2.24, 2.45) is 0 Å². The molecule has 2 aromatic heterocycles. The van der Waals surface area contributed by atoms with Crippen molar-refractivity contribution in [2.75, 3.05) is 19.7 Å². The monoisotopic (exact) mass is 301 g/mol. The molecule has 1 saturated heterocycles. The predicted octanol–water partition coefficient (Wildman–Crippen LogP) is 1.22. The Morgan fingerprint density at radius 1 is 1.50 bits per heavy atom. The maximum Gasteiger partial charge on any atom is 0.257 e. The number of hydrogen-bond donors (Lipinski definition) is 0. The van der Waals surface area contributed by atoms with Gasteiger partial charge < -0.3 is 9.64 Å². The van der Waals surface area contributed by atoms with Crippen LogP contribution in [0.2, 0.25) is 0 Å². The van der Waals surface area contributed by atoms with Crippen LogP contribution in [0.15, 0.2) is 24.7 Å². The summed E-state index contributed by atoms with van der Waals surface area (Å²) in [6.07, 6.45) is 4.82. The summed E-state index contributed by atoms with van der Waals surface area (Å²) in [5.41, 5.74) is 1.49. The molecule has 0 aliphatic carbocycles. The summed E-state index contributed by atoms with van der Waals surface area (Å²) in [5.74, 6) is 0.599. The molecule has 0 saturated carbocycles. The molecule has 1 amide bonds. The second kappa shape index (κ2) is 6.23. The lowest BCUT2D eigenvalue weighted by Crippen LogP contribution is -2.42. The fraction of sp³-hybridized carbons (Fsp3) is 0.467. The third-order valence-electron chi connectivity index (χ3n) is 3.66. The average molecular weight is 301 g/mol. The number of ether oxygens (including phenoxy) is 1. The third-order valence-corrected chi connectivity index (χ3v) is 3.66. The van der Waals surface area contributed by atoms with Gasteiger partial charge in [-0.1, -0.05) is 0 Å². The normalized spacial score (nSPS) is 18.5. The van der Waals surface area contributed by atoms with Crippen LogP contribution in [0, 0.1) is 6.92 Å². The number of nitrogens with zero attached hydrogens (tertiary/aromatic N) is 5. The van der Waals surface area contributed by atoms with Crippen molar-refractivity contribution in [1.82, 2.24) is 24.6 Å². The molecule has 0 aromatic carbocycles. The van der Waals surface area contributed by atoms with Gasteiger partial charge in [-0.15, -0.1) is 0 Å². The minimum absolute atomic E-state index is 0.0272. The lowest BCUT2D eigenvalue weighted by Gasteiger charge is -2.32. The quantitative estimate of drug-likeness (QED) is 0.852. The second-order valence-corrected chi connectivity index (χ2v) is 5.25. The highest BCUT2D eigenvalue weighted by Crippen LogP contribution is 2.20. The highest BCUT2D eigenvalue weighted by molar-refractivity contribution is 5.93. The van der Waals surface area contributed by atoms with Gasteiger partial charge in [0.1, 0.15) is 6.10 Å². The average Bonchev–Trinajstić information content (AvgIpc) is 3.03. The molecule has 1 atom stereocenters. The van der Waals surface area contributed by atoms with E-state index >= 15 is 0 Å². The van der Waals surface area contributed by atoms with Gasteiger partial charge in [0.05, 0.1) is 24.9 Å². The molecule has 1 fully saturated rings. The zero-order valence-corrected chi connectivity index (χ0v) is 12.8. The van der Waals surface area contributed by atoms with Crippen molar-refractivity contribution in [2.45, 2.75) is 26.5 Å². The first-order valence-electron chi connectivity index (χ1n) is 7.40. The summed E-state index contributed by atoms with van der Waals surface area (Å²) in [4.78, 5) is 23.0. The lowest BCUT2D eigenvalue weighted by molar-refractivity contribution is -0.0268. The number of hydrogen-bond acceptors (Lipinski definition) is 5. The smallest absolute Gasteiger partial charge is 0.257 e. The van der Waals surface area contributed by atoms with E-state index in [1.54, 1.807) is 28.2 Å². The summed E-state index contributed by atoms with van der Waals surface area (Å²) in [7, 11) is 0. The Morgan fingerprint density at radius 3 is 3.09 bits per heavy atom. The summed E-state index contributed by atoms with van der Waals surface area (Å²) < 4.78 is 7.47. The molecule has 3 rings (SSSR count). The standard InChI is InChI=1S/C15H19N5O2/c1-3-20-9-12(8-17-20)15(21)19-6-7-22-13(10-19)14-16-5-4-11(2)18-14/h4-5,8-9,13H,3,6-7,10H2,1-2H3/t13-/m0/s1. The topological polar surface area (TPSA) is 73.1 Å². The molecule has 0 spiro atoms. The SMILES string of the molecule is CCn1cc(C(=O)N2CCO[C@H](c3nccc(C)n3)C2)cn1. The molecule has 22 heavy (non-hydrogen) atoms. The summed E-state index contributed by atoms with van der Waals surface area (Å²) in [6, 6.07) is 1.84. The molecule has 0 unspecified atom stereocenters. The Hall–Kier alpha value is -2.28.